The molecule has 0 radical (unpaired) electrons. The summed E-state index contributed by atoms with van der Waals surface area (Å²) in [6.45, 7) is 0.285. The largest absolute Gasteiger partial charge is 0.497 e. The van der Waals surface area contributed by atoms with Gasteiger partial charge in [0.2, 0.25) is 5.91 Å². The summed E-state index contributed by atoms with van der Waals surface area (Å²) in [7, 11) is -1.92. The zero-order valence-corrected chi connectivity index (χ0v) is 20.7. The molecule has 4 rings (SSSR count). The highest BCUT2D eigenvalue weighted by Crippen LogP contribution is 2.32. The van der Waals surface area contributed by atoms with Gasteiger partial charge < -0.3 is 4.74 Å². The topological polar surface area (TPSA) is 89.5 Å². The monoisotopic (exact) mass is 515 g/mol. The number of halogens is 1. The van der Waals surface area contributed by atoms with Crippen molar-refractivity contribution in [2.24, 2.45) is 0 Å². The molecule has 0 fully saturated rings. The first-order valence-corrected chi connectivity index (χ1v) is 13.3. The molecule has 0 saturated heterocycles. The van der Waals surface area contributed by atoms with Gasteiger partial charge in [-0.15, -0.1) is 0 Å². The third-order valence-electron chi connectivity index (χ3n) is 5.16. The molecule has 176 valence electrons. The van der Waals surface area contributed by atoms with Crippen molar-refractivity contribution in [3.63, 3.8) is 0 Å². The number of rotatable bonds is 9. The lowest BCUT2D eigenvalue weighted by molar-refractivity contribution is -0.118. The van der Waals surface area contributed by atoms with Crippen LogP contribution in [0.2, 0.25) is 5.02 Å². The summed E-state index contributed by atoms with van der Waals surface area (Å²) in [4.78, 5) is 23.8. The number of ether oxygens (including phenoxy) is 1. The molecule has 34 heavy (non-hydrogen) atoms. The minimum Gasteiger partial charge on any atom is -0.497 e. The van der Waals surface area contributed by atoms with Crippen molar-refractivity contribution < 1.29 is 17.9 Å². The van der Waals surface area contributed by atoms with E-state index in [0.717, 1.165) is 15.8 Å². The second kappa shape index (κ2) is 10.5. The zero-order valence-electron chi connectivity index (χ0n) is 18.3. The molecule has 0 aliphatic rings. The Morgan fingerprint density at radius 2 is 1.94 bits per heavy atom. The molecular weight excluding hydrogens is 494 g/mol. The lowest BCUT2D eigenvalue weighted by Crippen LogP contribution is -2.30. The van der Waals surface area contributed by atoms with E-state index in [9.17, 15) is 13.2 Å². The van der Waals surface area contributed by atoms with Crippen LogP contribution in [0.1, 0.15) is 18.4 Å². The molecular formula is C24H22ClN3O4S2. The van der Waals surface area contributed by atoms with Crippen LogP contribution in [0, 0.1) is 0 Å². The highest BCUT2D eigenvalue weighted by Gasteiger charge is 2.22. The van der Waals surface area contributed by atoms with Crippen molar-refractivity contribution in [1.29, 1.82) is 0 Å². The molecule has 2 aromatic heterocycles. The fourth-order valence-electron chi connectivity index (χ4n) is 3.38. The third kappa shape index (κ3) is 5.72. The molecule has 0 atom stereocenters. The van der Waals surface area contributed by atoms with Gasteiger partial charge in [0.05, 0.1) is 34.5 Å². The van der Waals surface area contributed by atoms with Crippen LogP contribution in [0.3, 0.4) is 0 Å². The molecule has 1 amide bonds. The summed E-state index contributed by atoms with van der Waals surface area (Å²) >= 11 is 7.23. The summed E-state index contributed by atoms with van der Waals surface area (Å²) in [5.41, 5.74) is 1.61. The fraction of sp³-hybridized carbons (Fsp3) is 0.208. The number of anilines is 1. The Morgan fingerprint density at radius 3 is 2.65 bits per heavy atom. The van der Waals surface area contributed by atoms with Crippen LogP contribution in [0.15, 0.2) is 71.9 Å². The first-order valence-electron chi connectivity index (χ1n) is 10.5. The molecule has 0 unspecified atom stereocenters. The van der Waals surface area contributed by atoms with Crippen molar-refractivity contribution in [1.82, 2.24) is 9.97 Å². The number of benzene rings is 2. The van der Waals surface area contributed by atoms with E-state index in [1.807, 2.05) is 24.3 Å². The molecule has 0 aliphatic heterocycles. The first kappa shape index (κ1) is 24.1. The molecule has 2 heterocycles. The van der Waals surface area contributed by atoms with Gasteiger partial charge >= 0.3 is 0 Å². The zero-order chi connectivity index (χ0) is 24.1. The highest BCUT2D eigenvalue weighted by molar-refractivity contribution is 7.91. The van der Waals surface area contributed by atoms with E-state index in [-0.39, 0.29) is 35.9 Å². The molecule has 2 aromatic carbocycles. The number of fused-ring (bicyclic) bond motifs is 1. The standard InChI is InChI=1S/C24H22ClN3O4S2/c1-32-19-8-11-21-22(14-19)33-24(27-21)28(16-17-4-2-12-26-15-17)23(29)5-3-13-34(30,31)20-9-6-18(25)7-10-20/h2,4,6-12,14-15H,3,5,13,16H2,1H3. The van der Waals surface area contributed by atoms with E-state index in [4.69, 9.17) is 16.3 Å². The van der Waals surface area contributed by atoms with Gasteiger partial charge in [-0.05, 0) is 60.5 Å². The Labute approximate surface area is 206 Å². The number of methoxy groups -OCH3 is 1. The quantitative estimate of drug-likeness (QED) is 0.306. The molecule has 0 spiro atoms. The van der Waals surface area contributed by atoms with Crippen LogP contribution in [-0.4, -0.2) is 37.2 Å². The minimum atomic E-state index is -3.52. The smallest absolute Gasteiger partial charge is 0.229 e. The molecule has 4 aromatic rings. The Balaban J connectivity index is 1.53. The van der Waals surface area contributed by atoms with Crippen LogP contribution in [0.5, 0.6) is 5.75 Å². The maximum atomic E-state index is 13.3. The predicted molar refractivity (Wildman–Crippen MR) is 134 cm³/mol. The SMILES string of the molecule is COc1ccc2nc(N(Cc3cccnc3)C(=O)CCCS(=O)(=O)c3ccc(Cl)cc3)sc2c1. The number of thiazole rings is 1. The molecule has 0 aliphatic carbocycles. The summed E-state index contributed by atoms with van der Waals surface area (Å²) in [6, 6.07) is 15.3. The van der Waals surface area contributed by atoms with Gasteiger partial charge in [0, 0.05) is 23.8 Å². The Morgan fingerprint density at radius 1 is 1.15 bits per heavy atom. The van der Waals surface area contributed by atoms with Crippen molar-refractivity contribution in [2.45, 2.75) is 24.3 Å². The summed E-state index contributed by atoms with van der Waals surface area (Å²) < 4.78 is 31.5. The van der Waals surface area contributed by atoms with Crippen molar-refractivity contribution in [3.8, 4) is 5.75 Å². The van der Waals surface area contributed by atoms with Gasteiger partial charge in [0.1, 0.15) is 5.75 Å². The van der Waals surface area contributed by atoms with Crippen molar-refractivity contribution in [2.75, 3.05) is 17.8 Å². The van der Waals surface area contributed by atoms with Gasteiger partial charge in [-0.3, -0.25) is 14.7 Å². The number of nitrogens with zero attached hydrogens (tertiary/aromatic N) is 3. The maximum absolute atomic E-state index is 13.3. The second-order valence-electron chi connectivity index (χ2n) is 7.55. The average Bonchev–Trinajstić information content (AvgIpc) is 3.26. The van der Waals surface area contributed by atoms with Crippen LogP contribution >= 0.6 is 22.9 Å². The van der Waals surface area contributed by atoms with Crippen LogP contribution in [0.25, 0.3) is 10.2 Å². The van der Waals surface area contributed by atoms with E-state index in [2.05, 4.69) is 9.97 Å². The summed E-state index contributed by atoms with van der Waals surface area (Å²) in [5, 5.41) is 1.01. The van der Waals surface area contributed by atoms with E-state index in [1.54, 1.807) is 30.5 Å². The van der Waals surface area contributed by atoms with Gasteiger partial charge in [-0.2, -0.15) is 0 Å². The first-order chi connectivity index (χ1) is 16.4. The van der Waals surface area contributed by atoms with Crippen molar-refractivity contribution in [3.05, 3.63) is 77.6 Å². The number of aromatic nitrogens is 2. The Bertz CT molecular complexity index is 1390. The predicted octanol–water partition coefficient (Wildman–Crippen LogP) is 5.14. The fourth-order valence-corrected chi connectivity index (χ4v) is 5.83. The number of hydrogen-bond acceptors (Lipinski definition) is 7. The number of hydrogen-bond donors (Lipinski definition) is 0. The molecule has 7 nitrogen and oxygen atoms in total. The van der Waals surface area contributed by atoms with Gasteiger partial charge in [-0.25, -0.2) is 13.4 Å². The van der Waals surface area contributed by atoms with E-state index in [1.165, 1.54) is 35.6 Å². The lowest BCUT2D eigenvalue weighted by atomic mass is 10.2. The number of carbonyl (C=O) groups is 1. The van der Waals surface area contributed by atoms with Gasteiger partial charge in [-0.1, -0.05) is 29.0 Å². The average molecular weight is 516 g/mol. The Hall–Kier alpha value is -3.01. The Kier molecular flexibility index (Phi) is 7.45. The van der Waals surface area contributed by atoms with Crippen molar-refractivity contribution >= 4 is 54.0 Å². The molecule has 0 saturated carbocycles. The number of carbonyl (C=O) groups excluding carboxylic acids is 1. The lowest BCUT2D eigenvalue weighted by Gasteiger charge is -2.20. The summed E-state index contributed by atoms with van der Waals surface area (Å²) in [6.07, 6.45) is 3.61. The summed E-state index contributed by atoms with van der Waals surface area (Å²) in [5.74, 6) is 0.361. The van der Waals surface area contributed by atoms with Crippen LogP contribution in [0.4, 0.5) is 5.13 Å². The van der Waals surface area contributed by atoms with E-state index >= 15 is 0 Å². The number of pyridine rings is 1. The van der Waals surface area contributed by atoms with Crippen LogP contribution in [-0.2, 0) is 21.2 Å². The number of sulfone groups is 1. The normalized spacial score (nSPS) is 11.5. The second-order valence-corrected chi connectivity index (χ2v) is 11.1. The van der Waals surface area contributed by atoms with Gasteiger partial charge in [0.25, 0.3) is 0 Å². The highest BCUT2D eigenvalue weighted by atomic mass is 35.5. The van der Waals surface area contributed by atoms with Gasteiger partial charge in [0.15, 0.2) is 15.0 Å². The molecule has 0 bridgehead atoms. The maximum Gasteiger partial charge on any atom is 0.229 e. The number of amides is 1. The third-order valence-corrected chi connectivity index (χ3v) is 8.27. The van der Waals surface area contributed by atoms with Crippen LogP contribution < -0.4 is 9.64 Å². The van der Waals surface area contributed by atoms with E-state index < -0.39 is 9.84 Å². The van der Waals surface area contributed by atoms with E-state index in [0.29, 0.717) is 15.9 Å². The minimum absolute atomic E-state index is 0.0618. The molecule has 10 heteroatoms. The molecule has 0 N–H and O–H groups in total.